The fourth-order valence-electron chi connectivity index (χ4n) is 8.00. The van der Waals surface area contributed by atoms with Crippen LogP contribution in [0.15, 0.2) is 146 Å². The minimum absolute atomic E-state index is 0.107. The third-order valence-electron chi connectivity index (χ3n) is 12.6. The molecule has 0 radical (unpaired) electrons. The van der Waals surface area contributed by atoms with Crippen LogP contribution in [0.3, 0.4) is 0 Å². The molecule has 0 spiro atoms. The van der Waals surface area contributed by atoms with Gasteiger partial charge in [0.1, 0.15) is 13.2 Å². The molecule has 0 amide bonds. The van der Waals surface area contributed by atoms with Gasteiger partial charge in [0, 0.05) is 19.3 Å². The summed E-state index contributed by atoms with van der Waals surface area (Å²) in [7, 11) is 0. The monoisotopic (exact) mass is 1050 g/mol. The normalized spacial score (nSPS) is 13.1. The van der Waals surface area contributed by atoms with Crippen molar-refractivity contribution in [2.24, 2.45) is 0 Å². The summed E-state index contributed by atoms with van der Waals surface area (Å²) in [6.07, 6.45) is 89.9. The molecule has 0 aliphatic rings. The lowest BCUT2D eigenvalue weighted by Gasteiger charge is -2.18. The van der Waals surface area contributed by atoms with E-state index in [9.17, 15) is 14.4 Å². The van der Waals surface area contributed by atoms with Crippen LogP contribution in [0.1, 0.15) is 258 Å². The highest BCUT2D eigenvalue weighted by atomic mass is 16.6. The SMILES string of the molecule is CC/C=C\C/C=C\C/C=C\C/C=C\C/C=C\C/C=C\CCCCC(=O)OC(COC(=O)CCCCCCC/C=C\CCCCC)COC(=O)CCCCCCCCCCC/C=C\C/C=C\C/C=C\C/C=C\C/C=C\CC. The Balaban J connectivity index is 4.43. The van der Waals surface area contributed by atoms with E-state index in [4.69, 9.17) is 14.2 Å². The van der Waals surface area contributed by atoms with Crippen LogP contribution in [0.4, 0.5) is 0 Å². The summed E-state index contributed by atoms with van der Waals surface area (Å²) < 4.78 is 16.8. The molecule has 428 valence electrons. The Morgan fingerprint density at radius 3 is 0.842 bits per heavy atom. The van der Waals surface area contributed by atoms with Crippen LogP contribution >= 0.6 is 0 Å². The van der Waals surface area contributed by atoms with Crippen LogP contribution in [0.5, 0.6) is 0 Å². The first-order valence-electron chi connectivity index (χ1n) is 30.8. The van der Waals surface area contributed by atoms with Crippen LogP contribution in [-0.4, -0.2) is 37.2 Å². The van der Waals surface area contributed by atoms with Crippen molar-refractivity contribution >= 4 is 17.9 Å². The minimum Gasteiger partial charge on any atom is -0.462 e. The van der Waals surface area contributed by atoms with Gasteiger partial charge in [0.05, 0.1) is 0 Å². The molecule has 0 aliphatic carbocycles. The van der Waals surface area contributed by atoms with E-state index in [0.717, 1.165) is 141 Å². The van der Waals surface area contributed by atoms with Crippen LogP contribution in [0, 0.1) is 0 Å². The average molecular weight is 1050 g/mol. The number of carbonyl (C=O) groups is 3. The van der Waals surface area contributed by atoms with Gasteiger partial charge in [-0.3, -0.25) is 14.4 Å². The molecule has 1 atom stereocenters. The van der Waals surface area contributed by atoms with Crippen LogP contribution in [-0.2, 0) is 28.6 Å². The van der Waals surface area contributed by atoms with Crippen molar-refractivity contribution < 1.29 is 28.6 Å². The minimum atomic E-state index is -0.814. The van der Waals surface area contributed by atoms with Gasteiger partial charge in [0.15, 0.2) is 6.10 Å². The maximum absolute atomic E-state index is 12.9. The second kappa shape index (κ2) is 62.8. The number of carbonyl (C=O) groups excluding carboxylic acids is 3. The van der Waals surface area contributed by atoms with Gasteiger partial charge in [-0.1, -0.05) is 244 Å². The van der Waals surface area contributed by atoms with E-state index in [-0.39, 0.29) is 37.5 Å². The summed E-state index contributed by atoms with van der Waals surface area (Å²) in [4.78, 5) is 38.2. The van der Waals surface area contributed by atoms with E-state index < -0.39 is 6.10 Å². The van der Waals surface area contributed by atoms with E-state index in [1.54, 1.807) is 0 Å². The zero-order valence-corrected chi connectivity index (χ0v) is 49.0. The molecule has 0 fully saturated rings. The molecule has 76 heavy (non-hydrogen) atoms. The number of hydrogen-bond donors (Lipinski definition) is 0. The molecule has 0 saturated heterocycles. The Hall–Kier alpha value is -4.71. The Bertz CT molecular complexity index is 1680. The standard InChI is InChI=1S/C70H112O6/c1-4-7-10-13-16-19-22-25-27-29-31-33-34-35-36-38-39-41-43-45-48-51-54-57-60-63-69(72)75-66-67(65-74-68(71)62-59-56-53-50-47-24-21-18-15-12-9-6-3)76-70(73)64-61-58-55-52-49-46-44-42-40-37-32-30-28-26-23-20-17-14-11-8-5-2/h7-8,10-11,16-21,25-28,31-33,35-37,42,44,49,52,67H,4-6,9,12-15,22-24,29-30,34,38-41,43,45-48,50-51,53-66H2,1-3H3/b10-7-,11-8-,19-16-,20-17-,21-18-,27-25-,28-26-,33-31-,36-35-,37-32-,44-42-,52-49-. The molecule has 0 aromatic heterocycles. The van der Waals surface area contributed by atoms with Gasteiger partial charge < -0.3 is 14.2 Å². The van der Waals surface area contributed by atoms with Crippen molar-refractivity contribution in [1.29, 1.82) is 0 Å². The Morgan fingerprint density at radius 2 is 0.513 bits per heavy atom. The largest absolute Gasteiger partial charge is 0.462 e. The molecule has 0 aromatic carbocycles. The molecule has 0 saturated carbocycles. The second-order valence-corrected chi connectivity index (χ2v) is 19.8. The number of hydrogen-bond acceptors (Lipinski definition) is 6. The van der Waals surface area contributed by atoms with E-state index >= 15 is 0 Å². The molecule has 1 unspecified atom stereocenters. The van der Waals surface area contributed by atoms with E-state index in [2.05, 4.69) is 167 Å². The number of rotatable bonds is 54. The van der Waals surface area contributed by atoms with Crippen molar-refractivity contribution in [3.63, 3.8) is 0 Å². The first-order valence-corrected chi connectivity index (χ1v) is 30.8. The maximum Gasteiger partial charge on any atom is 0.306 e. The van der Waals surface area contributed by atoms with Gasteiger partial charge in [-0.2, -0.15) is 0 Å². The quantitative estimate of drug-likeness (QED) is 0.0261. The maximum atomic E-state index is 12.9. The van der Waals surface area contributed by atoms with Crippen LogP contribution in [0.2, 0.25) is 0 Å². The molecule has 0 aromatic rings. The van der Waals surface area contributed by atoms with E-state index in [0.29, 0.717) is 19.3 Å². The highest BCUT2D eigenvalue weighted by molar-refractivity contribution is 5.71. The molecule has 6 nitrogen and oxygen atoms in total. The Kier molecular flexibility index (Phi) is 58.9. The first-order chi connectivity index (χ1) is 37.5. The highest BCUT2D eigenvalue weighted by Gasteiger charge is 2.19. The van der Waals surface area contributed by atoms with Gasteiger partial charge in [0.2, 0.25) is 0 Å². The van der Waals surface area contributed by atoms with Gasteiger partial charge in [-0.25, -0.2) is 0 Å². The van der Waals surface area contributed by atoms with E-state index in [1.807, 2.05) is 0 Å². The fourth-order valence-corrected chi connectivity index (χ4v) is 8.00. The molecule has 0 rings (SSSR count). The number of allylic oxidation sites excluding steroid dienone is 24. The summed E-state index contributed by atoms with van der Waals surface area (Å²) in [5.41, 5.74) is 0. The predicted molar refractivity (Wildman–Crippen MR) is 329 cm³/mol. The third-order valence-corrected chi connectivity index (χ3v) is 12.6. The van der Waals surface area contributed by atoms with Gasteiger partial charge in [-0.15, -0.1) is 0 Å². The van der Waals surface area contributed by atoms with Crippen LogP contribution in [0.25, 0.3) is 0 Å². The average Bonchev–Trinajstić information content (AvgIpc) is 3.42. The van der Waals surface area contributed by atoms with E-state index in [1.165, 1.54) is 70.6 Å². The molecule has 0 N–H and O–H groups in total. The van der Waals surface area contributed by atoms with Crippen molar-refractivity contribution in [1.82, 2.24) is 0 Å². The summed E-state index contributed by atoms with van der Waals surface area (Å²) in [5, 5.41) is 0. The predicted octanol–water partition coefficient (Wildman–Crippen LogP) is 21.2. The molecule has 0 heterocycles. The zero-order valence-electron chi connectivity index (χ0n) is 49.0. The third kappa shape index (κ3) is 60.2. The highest BCUT2D eigenvalue weighted by Crippen LogP contribution is 2.14. The summed E-state index contributed by atoms with van der Waals surface area (Å²) >= 11 is 0. The summed E-state index contributed by atoms with van der Waals surface area (Å²) in [6, 6.07) is 0. The van der Waals surface area contributed by atoms with Gasteiger partial charge in [-0.05, 0) is 141 Å². The van der Waals surface area contributed by atoms with Crippen LogP contribution < -0.4 is 0 Å². The number of unbranched alkanes of at least 4 members (excludes halogenated alkanes) is 19. The van der Waals surface area contributed by atoms with Gasteiger partial charge in [0.25, 0.3) is 0 Å². The lowest BCUT2D eigenvalue weighted by molar-refractivity contribution is -0.167. The van der Waals surface area contributed by atoms with Gasteiger partial charge >= 0.3 is 17.9 Å². The van der Waals surface area contributed by atoms with Crippen molar-refractivity contribution in [3.8, 4) is 0 Å². The topological polar surface area (TPSA) is 78.9 Å². The smallest absolute Gasteiger partial charge is 0.306 e. The Labute approximate surface area is 467 Å². The summed E-state index contributed by atoms with van der Waals surface area (Å²) in [5.74, 6) is -0.968. The molecule has 0 bridgehead atoms. The van der Waals surface area contributed by atoms with Crippen molar-refractivity contribution in [3.05, 3.63) is 146 Å². The number of esters is 3. The second-order valence-electron chi connectivity index (χ2n) is 19.8. The lowest BCUT2D eigenvalue weighted by atomic mass is 10.1. The number of ether oxygens (including phenoxy) is 3. The van der Waals surface area contributed by atoms with Crippen molar-refractivity contribution in [2.45, 2.75) is 264 Å². The fraction of sp³-hybridized carbons (Fsp3) is 0.614. The summed E-state index contributed by atoms with van der Waals surface area (Å²) in [6.45, 7) is 6.34. The lowest BCUT2D eigenvalue weighted by Crippen LogP contribution is -2.30. The molecular weight excluding hydrogens is 937 g/mol. The first kappa shape index (κ1) is 71.3. The zero-order chi connectivity index (χ0) is 55.0. The molecule has 0 aliphatic heterocycles. The molecular formula is C70H112O6. The Morgan fingerprint density at radius 1 is 0.276 bits per heavy atom. The molecule has 6 heteroatoms. The van der Waals surface area contributed by atoms with Crippen molar-refractivity contribution in [2.75, 3.05) is 13.2 Å².